The number of amides is 1. The molecule has 1 saturated heterocycles. The van der Waals surface area contributed by atoms with Gasteiger partial charge in [-0.15, -0.1) is 12.4 Å². The molecule has 1 aromatic rings. The van der Waals surface area contributed by atoms with Crippen molar-refractivity contribution in [1.82, 2.24) is 5.32 Å². The van der Waals surface area contributed by atoms with Gasteiger partial charge in [0.2, 0.25) is 5.91 Å². The Morgan fingerprint density at radius 3 is 2.55 bits per heavy atom. The molecule has 0 spiro atoms. The van der Waals surface area contributed by atoms with E-state index in [1.807, 2.05) is 13.8 Å². The minimum Gasteiger partial charge on any atom is -0.364 e. The Balaban J connectivity index is 0.00000242. The Bertz CT molecular complexity index is 493. The summed E-state index contributed by atoms with van der Waals surface area (Å²) in [6.45, 7) is 4.95. The van der Waals surface area contributed by atoms with Gasteiger partial charge in [0.25, 0.3) is 0 Å². The maximum absolute atomic E-state index is 13.0. The molecule has 2 atom stereocenters. The summed E-state index contributed by atoms with van der Waals surface area (Å²) in [5.41, 5.74) is 6.25. The van der Waals surface area contributed by atoms with Crippen LogP contribution in [0.1, 0.15) is 32.3 Å². The van der Waals surface area contributed by atoms with Crippen LogP contribution in [0.3, 0.4) is 0 Å². The standard InChI is InChI=1S/C16H23FN2O2.ClH/c1-16(2,11-3-5-12(17)6-4-11)10-19-15(20)14-8-7-13(9-18)21-14;/h3-6,13-14H,7-10,18H2,1-2H3,(H,19,20);1H/t13-,14+;/m1./s1. The molecule has 1 aliphatic heterocycles. The smallest absolute Gasteiger partial charge is 0.249 e. The van der Waals surface area contributed by atoms with Gasteiger partial charge >= 0.3 is 0 Å². The number of nitrogens with two attached hydrogens (primary N) is 1. The number of ether oxygens (including phenoxy) is 1. The number of nitrogens with one attached hydrogen (secondary N) is 1. The van der Waals surface area contributed by atoms with Gasteiger partial charge in [-0.05, 0) is 30.5 Å². The van der Waals surface area contributed by atoms with Gasteiger partial charge in [0.1, 0.15) is 11.9 Å². The van der Waals surface area contributed by atoms with Gasteiger partial charge in [0.15, 0.2) is 0 Å². The molecule has 0 unspecified atom stereocenters. The summed E-state index contributed by atoms with van der Waals surface area (Å²) in [5, 5.41) is 2.92. The van der Waals surface area contributed by atoms with Gasteiger partial charge in [-0.3, -0.25) is 4.79 Å². The molecular formula is C16H24ClFN2O2. The Kier molecular flexibility index (Phi) is 6.78. The maximum Gasteiger partial charge on any atom is 0.249 e. The highest BCUT2D eigenvalue weighted by Crippen LogP contribution is 2.23. The van der Waals surface area contributed by atoms with Crippen molar-refractivity contribution in [3.8, 4) is 0 Å². The fourth-order valence-electron chi connectivity index (χ4n) is 2.50. The molecule has 1 amide bonds. The highest BCUT2D eigenvalue weighted by atomic mass is 35.5. The van der Waals surface area contributed by atoms with E-state index in [1.54, 1.807) is 12.1 Å². The van der Waals surface area contributed by atoms with Crippen LogP contribution in [0.25, 0.3) is 0 Å². The number of carbonyl (C=O) groups excluding carboxylic acids is 1. The molecule has 2 rings (SSSR count). The van der Waals surface area contributed by atoms with Gasteiger partial charge in [0, 0.05) is 18.5 Å². The first-order valence-corrected chi connectivity index (χ1v) is 7.31. The lowest BCUT2D eigenvalue weighted by Gasteiger charge is -2.26. The van der Waals surface area contributed by atoms with Crippen molar-refractivity contribution < 1.29 is 13.9 Å². The van der Waals surface area contributed by atoms with Crippen LogP contribution in [0.4, 0.5) is 4.39 Å². The van der Waals surface area contributed by atoms with E-state index in [2.05, 4.69) is 5.32 Å². The molecule has 0 bridgehead atoms. The van der Waals surface area contributed by atoms with Crippen molar-refractivity contribution in [2.75, 3.05) is 13.1 Å². The number of halogens is 2. The molecule has 3 N–H and O–H groups in total. The summed E-state index contributed by atoms with van der Waals surface area (Å²) in [6.07, 6.45) is 1.13. The van der Waals surface area contributed by atoms with Crippen molar-refractivity contribution >= 4 is 18.3 Å². The summed E-state index contributed by atoms with van der Waals surface area (Å²) in [7, 11) is 0. The Morgan fingerprint density at radius 2 is 2.00 bits per heavy atom. The van der Waals surface area contributed by atoms with Gasteiger partial charge in [-0.25, -0.2) is 4.39 Å². The Morgan fingerprint density at radius 1 is 1.36 bits per heavy atom. The fourth-order valence-corrected chi connectivity index (χ4v) is 2.50. The molecule has 1 aliphatic rings. The molecule has 1 heterocycles. The molecule has 4 nitrogen and oxygen atoms in total. The third-order valence-corrected chi connectivity index (χ3v) is 3.99. The lowest BCUT2D eigenvalue weighted by Crippen LogP contribution is -2.42. The van der Waals surface area contributed by atoms with E-state index in [1.165, 1.54) is 12.1 Å². The van der Waals surface area contributed by atoms with Gasteiger partial charge in [0.05, 0.1) is 6.10 Å². The minimum atomic E-state index is -0.400. The zero-order chi connectivity index (χ0) is 15.5. The van der Waals surface area contributed by atoms with Crippen LogP contribution in [0.5, 0.6) is 0 Å². The molecule has 0 radical (unpaired) electrons. The Hall–Kier alpha value is -1.17. The average Bonchev–Trinajstić information content (AvgIpc) is 2.94. The Labute approximate surface area is 137 Å². The second kappa shape index (κ2) is 7.90. The topological polar surface area (TPSA) is 64.4 Å². The summed E-state index contributed by atoms with van der Waals surface area (Å²) in [6, 6.07) is 6.37. The third kappa shape index (κ3) is 4.66. The second-order valence-corrected chi connectivity index (χ2v) is 6.17. The normalized spacial score (nSPS) is 21.3. The predicted molar refractivity (Wildman–Crippen MR) is 86.6 cm³/mol. The quantitative estimate of drug-likeness (QED) is 0.869. The summed E-state index contributed by atoms with van der Waals surface area (Å²) in [4.78, 5) is 12.1. The van der Waals surface area contributed by atoms with Gasteiger partial charge in [-0.2, -0.15) is 0 Å². The van der Waals surface area contributed by atoms with E-state index in [9.17, 15) is 9.18 Å². The number of hydrogen-bond acceptors (Lipinski definition) is 3. The van der Waals surface area contributed by atoms with Crippen molar-refractivity contribution in [3.63, 3.8) is 0 Å². The summed E-state index contributed by atoms with van der Waals surface area (Å²) >= 11 is 0. The largest absolute Gasteiger partial charge is 0.364 e. The summed E-state index contributed by atoms with van der Waals surface area (Å²) in [5.74, 6) is -0.355. The molecule has 0 aliphatic carbocycles. The van der Waals surface area contributed by atoms with E-state index in [4.69, 9.17) is 10.5 Å². The zero-order valence-electron chi connectivity index (χ0n) is 13.0. The van der Waals surface area contributed by atoms with E-state index >= 15 is 0 Å². The van der Waals surface area contributed by atoms with Gasteiger partial charge in [-0.1, -0.05) is 26.0 Å². The molecule has 124 valence electrons. The maximum atomic E-state index is 13.0. The van der Waals surface area contributed by atoms with Crippen molar-refractivity contribution in [2.24, 2.45) is 5.73 Å². The number of carbonyl (C=O) groups is 1. The van der Waals surface area contributed by atoms with E-state index in [0.717, 1.165) is 12.0 Å². The number of rotatable bonds is 5. The number of benzene rings is 1. The zero-order valence-corrected chi connectivity index (χ0v) is 13.8. The second-order valence-electron chi connectivity index (χ2n) is 6.17. The van der Waals surface area contributed by atoms with Crippen LogP contribution in [0, 0.1) is 5.82 Å². The SMILES string of the molecule is CC(C)(CNC(=O)[C@@H]1CC[C@H](CN)O1)c1ccc(F)cc1.Cl. The van der Waals surface area contributed by atoms with E-state index in [0.29, 0.717) is 19.5 Å². The van der Waals surface area contributed by atoms with E-state index < -0.39 is 6.10 Å². The van der Waals surface area contributed by atoms with Crippen LogP contribution < -0.4 is 11.1 Å². The van der Waals surface area contributed by atoms with Crippen molar-refractivity contribution in [2.45, 2.75) is 44.3 Å². The van der Waals surface area contributed by atoms with E-state index in [-0.39, 0.29) is 35.7 Å². The first-order valence-electron chi connectivity index (χ1n) is 7.31. The average molecular weight is 331 g/mol. The van der Waals surface area contributed by atoms with Crippen LogP contribution in [-0.4, -0.2) is 31.2 Å². The third-order valence-electron chi connectivity index (χ3n) is 3.99. The lowest BCUT2D eigenvalue weighted by molar-refractivity contribution is -0.132. The summed E-state index contributed by atoms with van der Waals surface area (Å²) < 4.78 is 18.5. The first-order chi connectivity index (χ1) is 9.92. The molecule has 0 aromatic heterocycles. The van der Waals surface area contributed by atoms with Crippen LogP contribution in [0.2, 0.25) is 0 Å². The highest BCUT2D eigenvalue weighted by molar-refractivity contribution is 5.85. The molecule has 0 saturated carbocycles. The molecule has 6 heteroatoms. The van der Waals surface area contributed by atoms with Crippen molar-refractivity contribution in [1.29, 1.82) is 0 Å². The van der Waals surface area contributed by atoms with Crippen molar-refractivity contribution in [3.05, 3.63) is 35.6 Å². The van der Waals surface area contributed by atoms with Crippen LogP contribution in [-0.2, 0) is 14.9 Å². The lowest BCUT2D eigenvalue weighted by atomic mass is 9.84. The molecule has 1 fully saturated rings. The molecule has 22 heavy (non-hydrogen) atoms. The monoisotopic (exact) mass is 330 g/mol. The highest BCUT2D eigenvalue weighted by Gasteiger charge is 2.31. The molecule has 1 aromatic carbocycles. The molecular weight excluding hydrogens is 307 g/mol. The predicted octanol–water partition coefficient (Wildman–Crippen LogP) is 2.15. The first kappa shape index (κ1) is 18.9. The minimum absolute atomic E-state index is 0. The number of hydrogen-bond donors (Lipinski definition) is 2. The van der Waals surface area contributed by atoms with Crippen LogP contribution in [0.15, 0.2) is 24.3 Å². The van der Waals surface area contributed by atoms with Crippen LogP contribution >= 0.6 is 12.4 Å². The van der Waals surface area contributed by atoms with Gasteiger partial charge < -0.3 is 15.8 Å². The fraction of sp³-hybridized carbons (Fsp3) is 0.562.